The molecule has 1 rings (SSSR count). The number of nitrogens with zero attached hydrogens (tertiary/aromatic N) is 1. The van der Waals surface area contributed by atoms with Crippen LogP contribution in [0.4, 0.5) is 0 Å². The molecular formula is C13H20N2O. The summed E-state index contributed by atoms with van der Waals surface area (Å²) in [5.41, 5.74) is 4.41. The largest absolute Gasteiger partial charge is 0.392 e. The number of aromatic amines is 1. The molecule has 0 aliphatic heterocycles. The Morgan fingerprint density at radius 2 is 2.25 bits per heavy atom. The van der Waals surface area contributed by atoms with E-state index in [1.54, 1.807) is 6.33 Å². The zero-order valence-electron chi connectivity index (χ0n) is 10.4. The van der Waals surface area contributed by atoms with Gasteiger partial charge in [0.05, 0.1) is 18.6 Å². The molecule has 88 valence electrons. The average molecular weight is 220 g/mol. The summed E-state index contributed by atoms with van der Waals surface area (Å²) in [4.78, 5) is 7.24. The van der Waals surface area contributed by atoms with Gasteiger partial charge in [-0.2, -0.15) is 0 Å². The highest BCUT2D eigenvalue weighted by Gasteiger charge is 2.15. The second kappa shape index (κ2) is 5.66. The SMILES string of the molecule is C/C=C(\C(C)=C(/C)CO)C(C)c1c[nH]cn1. The Bertz CT molecular complexity index is 388. The lowest BCUT2D eigenvalue weighted by atomic mass is 9.90. The Labute approximate surface area is 96.9 Å². The molecule has 16 heavy (non-hydrogen) atoms. The zero-order chi connectivity index (χ0) is 12.1. The third kappa shape index (κ3) is 2.61. The van der Waals surface area contributed by atoms with E-state index in [9.17, 15) is 0 Å². The molecule has 0 spiro atoms. The van der Waals surface area contributed by atoms with Crippen molar-refractivity contribution in [1.29, 1.82) is 0 Å². The van der Waals surface area contributed by atoms with Gasteiger partial charge < -0.3 is 10.1 Å². The first-order valence-corrected chi connectivity index (χ1v) is 5.54. The molecular weight excluding hydrogens is 200 g/mol. The topological polar surface area (TPSA) is 48.9 Å². The number of H-pyrrole nitrogens is 1. The van der Waals surface area contributed by atoms with Gasteiger partial charge in [0, 0.05) is 12.1 Å². The van der Waals surface area contributed by atoms with E-state index >= 15 is 0 Å². The molecule has 3 nitrogen and oxygen atoms in total. The highest BCUT2D eigenvalue weighted by atomic mass is 16.3. The molecule has 0 bridgehead atoms. The Kier molecular flexibility index (Phi) is 4.50. The van der Waals surface area contributed by atoms with Crippen LogP contribution in [0.15, 0.2) is 35.3 Å². The normalized spacial score (nSPS) is 15.9. The molecule has 0 aromatic carbocycles. The first-order valence-electron chi connectivity index (χ1n) is 5.54. The third-order valence-electron chi connectivity index (χ3n) is 3.05. The molecule has 3 heteroatoms. The molecule has 0 amide bonds. The van der Waals surface area contributed by atoms with Crippen molar-refractivity contribution in [3.8, 4) is 0 Å². The van der Waals surface area contributed by atoms with Crippen molar-refractivity contribution in [2.75, 3.05) is 6.61 Å². The minimum Gasteiger partial charge on any atom is -0.392 e. The van der Waals surface area contributed by atoms with Crippen LogP contribution in [0.3, 0.4) is 0 Å². The molecule has 2 N–H and O–H groups in total. The van der Waals surface area contributed by atoms with E-state index < -0.39 is 0 Å². The van der Waals surface area contributed by atoms with Crippen molar-refractivity contribution < 1.29 is 5.11 Å². The lowest BCUT2D eigenvalue weighted by Gasteiger charge is -2.16. The fourth-order valence-corrected chi connectivity index (χ4v) is 1.82. The second-order valence-electron chi connectivity index (χ2n) is 4.02. The molecule has 0 aliphatic rings. The van der Waals surface area contributed by atoms with Gasteiger partial charge in [0.2, 0.25) is 0 Å². The highest BCUT2D eigenvalue weighted by molar-refractivity contribution is 5.39. The van der Waals surface area contributed by atoms with Gasteiger partial charge in [0.25, 0.3) is 0 Å². The molecule has 1 unspecified atom stereocenters. The summed E-state index contributed by atoms with van der Waals surface area (Å²) in [5, 5.41) is 9.16. The Morgan fingerprint density at radius 3 is 2.69 bits per heavy atom. The molecule has 0 radical (unpaired) electrons. The molecule has 1 aromatic rings. The standard InChI is InChI=1S/C13H20N2O/c1-5-12(10(3)9(2)7-16)11(4)13-6-14-8-15-13/h5-6,8,11,16H,7H2,1-4H3,(H,14,15)/b10-9+,12-5+. The van der Waals surface area contributed by atoms with Crippen molar-refractivity contribution >= 4 is 0 Å². The van der Waals surface area contributed by atoms with Crippen LogP contribution in [-0.2, 0) is 0 Å². The molecule has 1 atom stereocenters. The van der Waals surface area contributed by atoms with Crippen molar-refractivity contribution in [1.82, 2.24) is 9.97 Å². The summed E-state index contributed by atoms with van der Waals surface area (Å²) in [6.45, 7) is 8.25. The molecule has 0 saturated carbocycles. The van der Waals surface area contributed by atoms with Crippen LogP contribution in [0.1, 0.15) is 39.3 Å². The molecule has 0 saturated heterocycles. The van der Waals surface area contributed by atoms with Crippen LogP contribution < -0.4 is 0 Å². The quantitative estimate of drug-likeness (QED) is 0.766. The van der Waals surface area contributed by atoms with E-state index in [2.05, 4.69) is 23.0 Å². The number of hydrogen-bond acceptors (Lipinski definition) is 2. The fourth-order valence-electron chi connectivity index (χ4n) is 1.82. The van der Waals surface area contributed by atoms with Crippen molar-refractivity contribution in [3.63, 3.8) is 0 Å². The molecule has 0 fully saturated rings. The predicted octanol–water partition coefficient (Wildman–Crippen LogP) is 2.79. The van der Waals surface area contributed by atoms with Gasteiger partial charge in [-0.05, 0) is 37.5 Å². The van der Waals surface area contributed by atoms with E-state index in [0.29, 0.717) is 0 Å². The van der Waals surface area contributed by atoms with Crippen molar-refractivity contribution in [2.24, 2.45) is 0 Å². The van der Waals surface area contributed by atoms with Crippen LogP contribution in [0.5, 0.6) is 0 Å². The van der Waals surface area contributed by atoms with Gasteiger partial charge in [0.1, 0.15) is 0 Å². The summed E-state index contributed by atoms with van der Waals surface area (Å²) in [5.74, 6) is 0.248. The number of allylic oxidation sites excluding steroid dienone is 3. The fraction of sp³-hybridized carbons (Fsp3) is 0.462. The van der Waals surface area contributed by atoms with Crippen LogP contribution in [0, 0.1) is 0 Å². The first-order chi connectivity index (χ1) is 7.61. The van der Waals surface area contributed by atoms with E-state index in [0.717, 1.165) is 16.8 Å². The predicted molar refractivity (Wildman–Crippen MR) is 66.2 cm³/mol. The number of aromatic nitrogens is 2. The molecule has 1 heterocycles. The number of hydrogen-bond donors (Lipinski definition) is 2. The Balaban J connectivity index is 3.01. The summed E-state index contributed by atoms with van der Waals surface area (Å²) >= 11 is 0. The number of aliphatic hydroxyl groups excluding tert-OH is 1. The summed E-state index contributed by atoms with van der Waals surface area (Å²) in [6.07, 6.45) is 5.70. The van der Waals surface area contributed by atoms with Crippen molar-refractivity contribution in [3.05, 3.63) is 41.0 Å². The minimum absolute atomic E-state index is 0.108. The van der Waals surface area contributed by atoms with Gasteiger partial charge in [0.15, 0.2) is 0 Å². The second-order valence-corrected chi connectivity index (χ2v) is 4.02. The number of imidazole rings is 1. The number of aliphatic hydroxyl groups is 1. The zero-order valence-corrected chi connectivity index (χ0v) is 10.4. The Hall–Kier alpha value is -1.35. The van der Waals surface area contributed by atoms with E-state index in [1.807, 2.05) is 27.0 Å². The minimum atomic E-state index is 0.108. The van der Waals surface area contributed by atoms with E-state index in [1.165, 1.54) is 5.57 Å². The van der Waals surface area contributed by atoms with Crippen LogP contribution >= 0.6 is 0 Å². The lowest BCUT2D eigenvalue weighted by Crippen LogP contribution is -2.03. The van der Waals surface area contributed by atoms with Crippen molar-refractivity contribution in [2.45, 2.75) is 33.6 Å². The highest BCUT2D eigenvalue weighted by Crippen LogP contribution is 2.29. The number of nitrogens with one attached hydrogen (secondary N) is 1. The maximum Gasteiger partial charge on any atom is 0.0923 e. The summed E-state index contributed by atoms with van der Waals surface area (Å²) in [7, 11) is 0. The molecule has 1 aromatic heterocycles. The van der Waals surface area contributed by atoms with E-state index in [4.69, 9.17) is 5.11 Å². The summed E-state index contributed by atoms with van der Waals surface area (Å²) in [6, 6.07) is 0. The lowest BCUT2D eigenvalue weighted by molar-refractivity contribution is 0.330. The maximum atomic E-state index is 9.16. The average Bonchev–Trinajstić information content (AvgIpc) is 2.82. The van der Waals surface area contributed by atoms with Gasteiger partial charge >= 0.3 is 0 Å². The smallest absolute Gasteiger partial charge is 0.0923 e. The molecule has 0 aliphatic carbocycles. The first kappa shape index (κ1) is 12.7. The van der Waals surface area contributed by atoms with Crippen LogP contribution in [-0.4, -0.2) is 21.7 Å². The van der Waals surface area contributed by atoms with Gasteiger partial charge in [-0.1, -0.05) is 13.0 Å². The van der Waals surface area contributed by atoms with Gasteiger partial charge in [-0.25, -0.2) is 4.98 Å². The van der Waals surface area contributed by atoms with Crippen LogP contribution in [0.25, 0.3) is 0 Å². The third-order valence-corrected chi connectivity index (χ3v) is 3.05. The summed E-state index contributed by atoms with van der Waals surface area (Å²) < 4.78 is 0. The van der Waals surface area contributed by atoms with Gasteiger partial charge in [-0.3, -0.25) is 0 Å². The Morgan fingerprint density at radius 1 is 1.56 bits per heavy atom. The van der Waals surface area contributed by atoms with E-state index in [-0.39, 0.29) is 12.5 Å². The maximum absolute atomic E-state index is 9.16. The van der Waals surface area contributed by atoms with Crippen LogP contribution in [0.2, 0.25) is 0 Å². The van der Waals surface area contributed by atoms with Gasteiger partial charge in [-0.15, -0.1) is 0 Å². The monoisotopic (exact) mass is 220 g/mol. The number of rotatable bonds is 4.